The van der Waals surface area contributed by atoms with Gasteiger partial charge in [0.05, 0.1) is 4.92 Å². The first-order valence-corrected chi connectivity index (χ1v) is 6.78. The lowest BCUT2D eigenvalue weighted by atomic mass is 10.2. The van der Waals surface area contributed by atoms with Crippen molar-refractivity contribution in [1.82, 2.24) is 0 Å². The highest BCUT2D eigenvalue weighted by Gasteiger charge is 2.14. The van der Waals surface area contributed by atoms with Crippen molar-refractivity contribution in [3.8, 4) is 0 Å². The number of nitrogens with two attached hydrogens (primary N) is 1. The molecule has 2 rings (SSSR count). The fraction of sp³-hybridized carbons (Fsp3) is 0.143. The number of hydrogen-bond donors (Lipinski definition) is 1. The second kappa shape index (κ2) is 5.75. The van der Waals surface area contributed by atoms with E-state index in [0.717, 1.165) is 10.5 Å². The molecule has 0 unspecified atom stereocenters. The van der Waals surface area contributed by atoms with E-state index in [4.69, 9.17) is 5.73 Å². The molecule has 0 aliphatic heterocycles. The third-order valence-corrected chi connectivity index (χ3v) is 4.07. The molecule has 0 fully saturated rings. The molecule has 0 aliphatic rings. The Morgan fingerprint density at radius 2 is 1.95 bits per heavy atom. The van der Waals surface area contributed by atoms with E-state index in [0.29, 0.717) is 5.75 Å². The van der Waals surface area contributed by atoms with Crippen LogP contribution in [0.1, 0.15) is 11.1 Å². The first-order valence-electron chi connectivity index (χ1n) is 5.80. The van der Waals surface area contributed by atoms with Crippen LogP contribution in [0.25, 0.3) is 0 Å². The maximum Gasteiger partial charge on any atom is 0.292 e. The normalized spacial score (nSPS) is 10.4. The summed E-state index contributed by atoms with van der Waals surface area (Å²) in [5.74, 6) is 0.623. The highest BCUT2D eigenvalue weighted by Crippen LogP contribution is 2.31. The number of para-hydroxylation sites is 1. The lowest BCUT2D eigenvalue weighted by molar-refractivity contribution is -0.383. The van der Waals surface area contributed by atoms with Gasteiger partial charge in [0.1, 0.15) is 5.69 Å². The van der Waals surface area contributed by atoms with Crippen LogP contribution in [0.3, 0.4) is 0 Å². The molecule has 0 aromatic heterocycles. The zero-order chi connectivity index (χ0) is 13.8. The number of aryl methyl sites for hydroxylation is 1. The van der Waals surface area contributed by atoms with Crippen molar-refractivity contribution in [2.45, 2.75) is 17.6 Å². The number of thioether (sulfide) groups is 1. The van der Waals surface area contributed by atoms with Crippen LogP contribution in [0.15, 0.2) is 47.4 Å². The molecule has 0 radical (unpaired) electrons. The Hall–Kier alpha value is -2.01. The largest absolute Gasteiger partial charge is 0.393 e. The highest BCUT2D eigenvalue weighted by atomic mass is 32.2. The Morgan fingerprint density at radius 3 is 2.63 bits per heavy atom. The minimum Gasteiger partial charge on any atom is -0.393 e. The maximum absolute atomic E-state index is 10.8. The Bertz CT molecular complexity index is 614. The van der Waals surface area contributed by atoms with E-state index < -0.39 is 4.92 Å². The van der Waals surface area contributed by atoms with Gasteiger partial charge < -0.3 is 5.73 Å². The molecule has 5 heteroatoms. The fourth-order valence-electron chi connectivity index (χ4n) is 1.76. The molecular formula is C14H14N2O2S. The van der Waals surface area contributed by atoms with E-state index in [2.05, 4.69) is 0 Å². The average molecular weight is 274 g/mol. The first kappa shape index (κ1) is 13.4. The van der Waals surface area contributed by atoms with Crippen LogP contribution < -0.4 is 5.73 Å². The third-order valence-electron chi connectivity index (χ3n) is 2.85. The number of nitrogens with zero attached hydrogens (tertiary/aromatic N) is 1. The van der Waals surface area contributed by atoms with Crippen LogP contribution in [-0.2, 0) is 5.75 Å². The SMILES string of the molecule is Cc1ccccc1SCc1cccc([N+](=O)[O-])c1N. The van der Waals surface area contributed by atoms with Gasteiger partial charge >= 0.3 is 0 Å². The molecule has 98 valence electrons. The molecule has 2 aromatic rings. The van der Waals surface area contributed by atoms with Gasteiger partial charge in [0.25, 0.3) is 5.69 Å². The summed E-state index contributed by atoms with van der Waals surface area (Å²) < 4.78 is 0. The molecule has 0 aliphatic carbocycles. The standard InChI is InChI=1S/C14H14N2O2S/c1-10-5-2-3-8-13(10)19-9-11-6-4-7-12(14(11)15)16(17)18/h2-8H,9,15H2,1H3. The molecule has 0 bridgehead atoms. The van der Waals surface area contributed by atoms with E-state index in [1.165, 1.54) is 11.6 Å². The van der Waals surface area contributed by atoms with E-state index in [-0.39, 0.29) is 11.4 Å². The van der Waals surface area contributed by atoms with Crippen molar-refractivity contribution in [2.75, 3.05) is 5.73 Å². The predicted molar refractivity (Wildman–Crippen MR) is 78.2 cm³/mol. The number of nitrogen functional groups attached to an aromatic ring is 1. The molecular weight excluding hydrogens is 260 g/mol. The van der Waals surface area contributed by atoms with E-state index >= 15 is 0 Å². The van der Waals surface area contributed by atoms with Crippen molar-refractivity contribution in [3.05, 3.63) is 63.7 Å². The van der Waals surface area contributed by atoms with Gasteiger partial charge in [-0.15, -0.1) is 11.8 Å². The number of nitro groups is 1. The lowest BCUT2D eigenvalue weighted by Crippen LogP contribution is -1.99. The van der Waals surface area contributed by atoms with Crippen molar-refractivity contribution in [1.29, 1.82) is 0 Å². The molecule has 4 nitrogen and oxygen atoms in total. The number of nitro benzene ring substituents is 1. The zero-order valence-electron chi connectivity index (χ0n) is 10.5. The Morgan fingerprint density at radius 1 is 1.21 bits per heavy atom. The van der Waals surface area contributed by atoms with Gasteiger partial charge in [0.2, 0.25) is 0 Å². The summed E-state index contributed by atoms with van der Waals surface area (Å²) in [4.78, 5) is 11.5. The molecule has 0 saturated carbocycles. The van der Waals surface area contributed by atoms with Crippen molar-refractivity contribution in [3.63, 3.8) is 0 Å². The minimum atomic E-state index is -0.447. The summed E-state index contributed by atoms with van der Waals surface area (Å²) in [7, 11) is 0. The highest BCUT2D eigenvalue weighted by molar-refractivity contribution is 7.98. The summed E-state index contributed by atoms with van der Waals surface area (Å²) in [5.41, 5.74) is 8.05. The van der Waals surface area contributed by atoms with Gasteiger partial charge in [-0.05, 0) is 24.1 Å². The van der Waals surface area contributed by atoms with Crippen molar-refractivity contribution in [2.24, 2.45) is 0 Å². The molecule has 2 N–H and O–H groups in total. The third kappa shape index (κ3) is 3.06. The maximum atomic E-state index is 10.8. The molecule has 0 amide bonds. The first-order chi connectivity index (χ1) is 9.09. The second-order valence-corrected chi connectivity index (χ2v) is 5.18. The van der Waals surface area contributed by atoms with Crippen molar-refractivity contribution < 1.29 is 4.92 Å². The average Bonchev–Trinajstić information content (AvgIpc) is 2.39. The van der Waals surface area contributed by atoms with E-state index in [9.17, 15) is 10.1 Å². The van der Waals surface area contributed by atoms with Crippen LogP contribution >= 0.6 is 11.8 Å². The topological polar surface area (TPSA) is 69.2 Å². The monoisotopic (exact) mass is 274 g/mol. The second-order valence-electron chi connectivity index (χ2n) is 4.16. The molecule has 0 heterocycles. The van der Waals surface area contributed by atoms with Crippen LogP contribution in [0, 0.1) is 17.0 Å². The Labute approximate surface area is 115 Å². The number of rotatable bonds is 4. The van der Waals surface area contributed by atoms with Crippen LogP contribution in [-0.4, -0.2) is 4.92 Å². The van der Waals surface area contributed by atoms with E-state index in [1.54, 1.807) is 17.8 Å². The molecule has 0 saturated heterocycles. The summed E-state index contributed by atoms with van der Waals surface area (Å²) in [6.07, 6.45) is 0. The van der Waals surface area contributed by atoms with Crippen molar-refractivity contribution >= 4 is 23.1 Å². The lowest BCUT2D eigenvalue weighted by Gasteiger charge is -2.07. The van der Waals surface area contributed by atoms with Gasteiger partial charge in [-0.25, -0.2) is 0 Å². The summed E-state index contributed by atoms with van der Waals surface area (Å²) in [6, 6.07) is 13.0. The van der Waals surface area contributed by atoms with Crippen LogP contribution in [0.4, 0.5) is 11.4 Å². The number of hydrogen-bond acceptors (Lipinski definition) is 4. The van der Waals surface area contributed by atoms with Crippen LogP contribution in [0.5, 0.6) is 0 Å². The molecule has 19 heavy (non-hydrogen) atoms. The molecule has 0 atom stereocenters. The minimum absolute atomic E-state index is 0.0251. The van der Waals surface area contributed by atoms with Gasteiger partial charge in [0.15, 0.2) is 0 Å². The number of anilines is 1. The smallest absolute Gasteiger partial charge is 0.292 e. The zero-order valence-corrected chi connectivity index (χ0v) is 11.3. The Kier molecular flexibility index (Phi) is 4.06. The van der Waals surface area contributed by atoms with Gasteiger partial charge in [-0.3, -0.25) is 10.1 Å². The van der Waals surface area contributed by atoms with Gasteiger partial charge in [0, 0.05) is 16.7 Å². The van der Waals surface area contributed by atoms with Crippen LogP contribution in [0.2, 0.25) is 0 Å². The fourth-order valence-corrected chi connectivity index (χ4v) is 2.79. The predicted octanol–water partition coefficient (Wildman–Crippen LogP) is 3.78. The summed E-state index contributed by atoms with van der Waals surface area (Å²) >= 11 is 1.63. The van der Waals surface area contributed by atoms with Gasteiger partial charge in [-0.2, -0.15) is 0 Å². The van der Waals surface area contributed by atoms with Gasteiger partial charge in [-0.1, -0.05) is 30.3 Å². The summed E-state index contributed by atoms with van der Waals surface area (Å²) in [6.45, 7) is 2.04. The summed E-state index contributed by atoms with van der Waals surface area (Å²) in [5, 5.41) is 10.8. The van der Waals surface area contributed by atoms with E-state index in [1.807, 2.05) is 37.3 Å². The molecule has 2 aromatic carbocycles. The quantitative estimate of drug-likeness (QED) is 0.399. The molecule has 0 spiro atoms. The Balaban J connectivity index is 2.19. The number of benzene rings is 2.